The highest BCUT2D eigenvalue weighted by Crippen LogP contribution is 2.43. The molecule has 2 bridgehead atoms. The number of allylic oxidation sites excluding steroid dienone is 2. The molecule has 4 rings (SSSR count). The fourth-order valence-electron chi connectivity index (χ4n) is 4.67. The van der Waals surface area contributed by atoms with Crippen molar-refractivity contribution in [3.63, 3.8) is 0 Å². The molecule has 2 aliphatic heterocycles. The number of fused-ring (bicyclic) bond motifs is 2. The molecule has 2 heterocycles. The molecule has 0 N–H and O–H groups in total. The van der Waals surface area contributed by atoms with E-state index >= 15 is 0 Å². The molecule has 23 heavy (non-hydrogen) atoms. The van der Waals surface area contributed by atoms with Crippen LogP contribution < -0.4 is 0 Å². The smallest absolute Gasteiger partial charge is 0.236 e. The lowest BCUT2D eigenvalue weighted by atomic mass is 9.93. The van der Waals surface area contributed by atoms with Gasteiger partial charge in [-0.25, -0.2) is 0 Å². The quantitative estimate of drug-likeness (QED) is 0.714. The van der Waals surface area contributed by atoms with Crippen LogP contribution in [-0.2, 0) is 9.53 Å². The number of ether oxygens (including phenoxy) is 1. The van der Waals surface area contributed by atoms with Gasteiger partial charge in [-0.05, 0) is 30.6 Å². The van der Waals surface area contributed by atoms with Gasteiger partial charge in [0, 0.05) is 45.8 Å². The molecule has 128 valence electrons. The zero-order chi connectivity index (χ0) is 15.6. The summed E-state index contributed by atoms with van der Waals surface area (Å²) in [5.41, 5.74) is 0. The van der Waals surface area contributed by atoms with E-state index in [1.807, 2.05) is 0 Å². The Balaban J connectivity index is 1.20. The number of hydrogen-bond donors (Lipinski definition) is 0. The Kier molecular flexibility index (Phi) is 4.69. The fourth-order valence-corrected chi connectivity index (χ4v) is 4.67. The van der Waals surface area contributed by atoms with Crippen molar-refractivity contribution in [2.24, 2.45) is 17.8 Å². The predicted octanol–water partition coefficient (Wildman–Crippen LogP) is 0.675. The highest BCUT2D eigenvalue weighted by atomic mass is 16.5. The zero-order valence-electron chi connectivity index (χ0n) is 14.0. The van der Waals surface area contributed by atoms with Gasteiger partial charge in [-0.2, -0.15) is 0 Å². The van der Waals surface area contributed by atoms with Crippen LogP contribution in [0.4, 0.5) is 0 Å². The molecule has 1 amide bonds. The van der Waals surface area contributed by atoms with E-state index in [-0.39, 0.29) is 0 Å². The van der Waals surface area contributed by atoms with Crippen LogP contribution in [0.1, 0.15) is 12.8 Å². The van der Waals surface area contributed by atoms with Crippen molar-refractivity contribution in [1.82, 2.24) is 14.7 Å². The number of carbonyl (C=O) groups is 1. The lowest BCUT2D eigenvalue weighted by Crippen LogP contribution is -2.53. The monoisotopic (exact) mass is 319 g/mol. The van der Waals surface area contributed by atoms with Crippen LogP contribution in [-0.4, -0.2) is 86.2 Å². The Labute approximate surface area is 139 Å². The summed E-state index contributed by atoms with van der Waals surface area (Å²) in [6.07, 6.45) is 7.64. The van der Waals surface area contributed by atoms with Gasteiger partial charge >= 0.3 is 0 Å². The second-order valence-electron chi connectivity index (χ2n) is 7.61. The van der Waals surface area contributed by atoms with Crippen molar-refractivity contribution in [2.45, 2.75) is 12.8 Å². The van der Waals surface area contributed by atoms with E-state index < -0.39 is 0 Å². The average molecular weight is 319 g/mol. The molecule has 2 saturated heterocycles. The summed E-state index contributed by atoms with van der Waals surface area (Å²) in [5, 5.41) is 0. The summed E-state index contributed by atoms with van der Waals surface area (Å²) >= 11 is 0. The molecule has 3 fully saturated rings. The first-order chi connectivity index (χ1) is 11.3. The standard InChI is InChI=1S/C18H29N3O2/c22-18(14-20-7-9-23-10-8-20)21-5-3-19(4-6-21)13-17-12-15-1-2-16(17)11-15/h1-2,15-17H,3-14H2. The van der Waals surface area contributed by atoms with Crippen molar-refractivity contribution in [1.29, 1.82) is 0 Å². The van der Waals surface area contributed by atoms with Crippen LogP contribution >= 0.6 is 0 Å². The van der Waals surface area contributed by atoms with Gasteiger partial charge in [0.05, 0.1) is 19.8 Å². The molecule has 5 heteroatoms. The summed E-state index contributed by atoms with van der Waals surface area (Å²) in [5.74, 6) is 2.86. The van der Waals surface area contributed by atoms with Crippen molar-refractivity contribution < 1.29 is 9.53 Å². The summed E-state index contributed by atoms with van der Waals surface area (Å²) in [6.45, 7) is 9.01. The fraction of sp³-hybridized carbons (Fsp3) is 0.833. The van der Waals surface area contributed by atoms with Crippen molar-refractivity contribution in [3.8, 4) is 0 Å². The molecule has 1 saturated carbocycles. The summed E-state index contributed by atoms with van der Waals surface area (Å²) in [7, 11) is 0. The zero-order valence-corrected chi connectivity index (χ0v) is 14.0. The molecule has 0 aromatic rings. The minimum atomic E-state index is 0.300. The lowest BCUT2D eigenvalue weighted by Gasteiger charge is -2.38. The van der Waals surface area contributed by atoms with Gasteiger partial charge in [-0.1, -0.05) is 12.2 Å². The van der Waals surface area contributed by atoms with Crippen molar-refractivity contribution >= 4 is 5.91 Å². The number of rotatable bonds is 4. The van der Waals surface area contributed by atoms with Gasteiger partial charge in [-0.15, -0.1) is 0 Å². The molecule has 0 radical (unpaired) electrons. The lowest BCUT2D eigenvalue weighted by molar-refractivity contribution is -0.135. The molecule has 0 spiro atoms. The molecule has 5 nitrogen and oxygen atoms in total. The topological polar surface area (TPSA) is 36.0 Å². The van der Waals surface area contributed by atoms with E-state index in [0.717, 1.165) is 70.2 Å². The number of hydrogen-bond acceptors (Lipinski definition) is 4. The minimum absolute atomic E-state index is 0.300. The molecule has 3 atom stereocenters. The average Bonchev–Trinajstić information content (AvgIpc) is 3.19. The molecular formula is C18H29N3O2. The highest BCUT2D eigenvalue weighted by Gasteiger charge is 2.36. The second-order valence-corrected chi connectivity index (χ2v) is 7.61. The highest BCUT2D eigenvalue weighted by molar-refractivity contribution is 5.78. The second kappa shape index (κ2) is 6.91. The van der Waals surface area contributed by atoms with Crippen LogP contribution in [0, 0.1) is 17.8 Å². The maximum absolute atomic E-state index is 12.4. The summed E-state index contributed by atoms with van der Waals surface area (Å²) in [6, 6.07) is 0. The molecule has 0 aromatic heterocycles. The van der Waals surface area contributed by atoms with Crippen LogP contribution in [0.15, 0.2) is 12.2 Å². The van der Waals surface area contributed by atoms with E-state index in [2.05, 4.69) is 26.9 Å². The van der Waals surface area contributed by atoms with Crippen LogP contribution in [0.2, 0.25) is 0 Å². The predicted molar refractivity (Wildman–Crippen MR) is 89.1 cm³/mol. The van der Waals surface area contributed by atoms with Gasteiger partial charge in [0.15, 0.2) is 0 Å². The SMILES string of the molecule is O=C(CN1CCOCC1)N1CCN(CC2CC3C=CC2C3)CC1. The van der Waals surface area contributed by atoms with E-state index in [1.54, 1.807) is 0 Å². The van der Waals surface area contributed by atoms with Crippen molar-refractivity contribution in [3.05, 3.63) is 12.2 Å². The van der Waals surface area contributed by atoms with Crippen molar-refractivity contribution in [2.75, 3.05) is 65.6 Å². The first-order valence-electron chi connectivity index (χ1n) is 9.26. The van der Waals surface area contributed by atoms with Crippen LogP contribution in [0.5, 0.6) is 0 Å². The maximum Gasteiger partial charge on any atom is 0.236 e. The third kappa shape index (κ3) is 3.62. The molecule has 0 aromatic carbocycles. The molecule has 3 unspecified atom stereocenters. The van der Waals surface area contributed by atoms with Crippen LogP contribution in [0.3, 0.4) is 0 Å². The Morgan fingerprint density at radius 2 is 1.74 bits per heavy atom. The third-order valence-electron chi connectivity index (χ3n) is 6.10. The van der Waals surface area contributed by atoms with E-state index in [4.69, 9.17) is 4.74 Å². The summed E-state index contributed by atoms with van der Waals surface area (Å²) < 4.78 is 5.35. The molecule has 4 aliphatic rings. The van der Waals surface area contributed by atoms with Crippen LogP contribution in [0.25, 0.3) is 0 Å². The normalized spacial score (nSPS) is 35.1. The number of nitrogens with zero attached hydrogens (tertiary/aromatic N) is 3. The third-order valence-corrected chi connectivity index (χ3v) is 6.10. The largest absolute Gasteiger partial charge is 0.379 e. The van der Waals surface area contributed by atoms with E-state index in [0.29, 0.717) is 12.5 Å². The number of morpholine rings is 1. The van der Waals surface area contributed by atoms with Gasteiger partial charge in [-0.3, -0.25) is 14.6 Å². The van der Waals surface area contributed by atoms with Gasteiger partial charge in [0.25, 0.3) is 0 Å². The number of piperazine rings is 1. The Bertz CT molecular complexity index is 453. The van der Waals surface area contributed by atoms with Gasteiger partial charge in [0.2, 0.25) is 5.91 Å². The van der Waals surface area contributed by atoms with E-state index in [9.17, 15) is 4.79 Å². The Hall–Kier alpha value is -0.910. The van der Waals surface area contributed by atoms with Gasteiger partial charge in [0.1, 0.15) is 0 Å². The van der Waals surface area contributed by atoms with Gasteiger partial charge < -0.3 is 9.64 Å². The number of amides is 1. The number of carbonyl (C=O) groups excluding carboxylic acids is 1. The first kappa shape index (κ1) is 15.6. The minimum Gasteiger partial charge on any atom is -0.379 e. The first-order valence-corrected chi connectivity index (χ1v) is 9.26. The Morgan fingerprint density at radius 1 is 0.957 bits per heavy atom. The molecule has 2 aliphatic carbocycles. The van der Waals surface area contributed by atoms with E-state index in [1.165, 1.54) is 19.4 Å². The Morgan fingerprint density at radius 3 is 2.39 bits per heavy atom. The maximum atomic E-state index is 12.4. The molecular weight excluding hydrogens is 290 g/mol. The summed E-state index contributed by atoms with van der Waals surface area (Å²) in [4.78, 5) is 19.3.